The van der Waals surface area contributed by atoms with Crippen molar-refractivity contribution in [3.05, 3.63) is 193 Å². The molecule has 5 heteroatoms. The van der Waals surface area contributed by atoms with Gasteiger partial charge < -0.3 is 9.73 Å². The third kappa shape index (κ3) is 4.97. The topological polar surface area (TPSA) is 49.9 Å². The van der Waals surface area contributed by atoms with Gasteiger partial charge in [0.1, 0.15) is 22.8 Å². The van der Waals surface area contributed by atoms with E-state index in [4.69, 9.17) is 14.4 Å². The summed E-state index contributed by atoms with van der Waals surface area (Å²) in [7, 11) is 0. The quantitative estimate of drug-likeness (QED) is 0.193. The summed E-state index contributed by atoms with van der Waals surface area (Å²) in [5, 5.41) is 10.7. The molecule has 10 aromatic rings. The van der Waals surface area contributed by atoms with Gasteiger partial charge >= 0.3 is 0 Å². The summed E-state index contributed by atoms with van der Waals surface area (Å²) >= 11 is 1.84. The highest BCUT2D eigenvalue weighted by Gasteiger charge is 2.26. The number of rotatable bonds is 5. The standard InChI is InChI=1S/C49H31N3OS/c1-3-13-30(14-4-1)31-23-25-33(26-24-31)48-50-47(32-15-5-2-6-16-32)51-49(52-48)39-28-27-36(46-45(39)37-19-9-11-21-41(37)53-46)40-29-43-44(35-18-8-7-17-34(35)40)38-20-10-12-22-42(38)54-43/h1-29,49H,(H,50,51,52). The number of amidine groups is 2. The van der Waals surface area contributed by atoms with Gasteiger partial charge in [-0.3, -0.25) is 0 Å². The first-order valence-electron chi connectivity index (χ1n) is 18.2. The second-order valence-electron chi connectivity index (χ2n) is 13.7. The van der Waals surface area contributed by atoms with E-state index in [0.717, 1.165) is 67.0 Å². The first kappa shape index (κ1) is 30.8. The van der Waals surface area contributed by atoms with Crippen LogP contribution in [0.3, 0.4) is 0 Å². The largest absolute Gasteiger partial charge is 0.455 e. The molecule has 8 aromatic carbocycles. The zero-order valence-corrected chi connectivity index (χ0v) is 29.8. The number of nitrogens with zero attached hydrogens (tertiary/aromatic N) is 2. The summed E-state index contributed by atoms with van der Waals surface area (Å²) in [5.74, 6) is 1.56. The molecule has 0 saturated carbocycles. The van der Waals surface area contributed by atoms with Crippen molar-refractivity contribution in [3.63, 3.8) is 0 Å². The smallest absolute Gasteiger partial charge is 0.170 e. The highest BCUT2D eigenvalue weighted by atomic mass is 32.1. The Morgan fingerprint density at radius 1 is 0.444 bits per heavy atom. The number of furan rings is 1. The molecule has 2 aromatic heterocycles. The molecule has 1 aliphatic rings. The molecule has 254 valence electrons. The molecular formula is C49H31N3OS. The average molecular weight is 710 g/mol. The number of hydrogen-bond donors (Lipinski definition) is 1. The van der Waals surface area contributed by atoms with Crippen LogP contribution in [0, 0.1) is 0 Å². The Bertz CT molecular complexity index is 3120. The Kier molecular flexibility index (Phi) is 7.07. The number of fused-ring (bicyclic) bond motifs is 8. The van der Waals surface area contributed by atoms with Crippen LogP contribution in [0.4, 0.5) is 0 Å². The Hall–Kier alpha value is -6.82. The second-order valence-corrected chi connectivity index (χ2v) is 14.8. The number of nitrogens with one attached hydrogen (secondary N) is 1. The Balaban J connectivity index is 1.12. The van der Waals surface area contributed by atoms with E-state index < -0.39 is 6.17 Å². The van der Waals surface area contributed by atoms with Gasteiger partial charge in [0.2, 0.25) is 0 Å². The van der Waals surface area contributed by atoms with Gasteiger partial charge in [-0.15, -0.1) is 11.3 Å². The van der Waals surface area contributed by atoms with Crippen LogP contribution in [-0.4, -0.2) is 11.7 Å². The van der Waals surface area contributed by atoms with E-state index >= 15 is 0 Å². The van der Waals surface area contributed by atoms with Gasteiger partial charge in [-0.25, -0.2) is 9.98 Å². The van der Waals surface area contributed by atoms with Crippen molar-refractivity contribution >= 4 is 75.9 Å². The molecule has 1 aliphatic heterocycles. The summed E-state index contributed by atoms with van der Waals surface area (Å²) in [6.07, 6.45) is -0.510. The van der Waals surface area contributed by atoms with E-state index in [1.54, 1.807) is 0 Å². The Morgan fingerprint density at radius 3 is 1.78 bits per heavy atom. The highest BCUT2D eigenvalue weighted by Crippen LogP contribution is 2.47. The number of aliphatic imine (C=N–C) groups is 2. The molecule has 11 rings (SSSR count). The minimum Gasteiger partial charge on any atom is -0.455 e. The summed E-state index contributed by atoms with van der Waals surface area (Å²) in [4.78, 5) is 10.6. The van der Waals surface area contributed by atoms with Gasteiger partial charge in [-0.2, -0.15) is 0 Å². The summed E-state index contributed by atoms with van der Waals surface area (Å²) in [6, 6.07) is 61.9. The molecule has 1 atom stereocenters. The van der Waals surface area contributed by atoms with Gasteiger partial charge in [0, 0.05) is 53.2 Å². The van der Waals surface area contributed by atoms with Crippen LogP contribution in [0.1, 0.15) is 22.9 Å². The van der Waals surface area contributed by atoms with Crippen molar-refractivity contribution in [2.75, 3.05) is 0 Å². The molecular weight excluding hydrogens is 679 g/mol. The van der Waals surface area contributed by atoms with Gasteiger partial charge in [0.15, 0.2) is 6.17 Å². The molecule has 54 heavy (non-hydrogen) atoms. The van der Waals surface area contributed by atoms with Gasteiger partial charge in [-0.05, 0) is 45.7 Å². The van der Waals surface area contributed by atoms with Crippen LogP contribution < -0.4 is 5.32 Å². The maximum Gasteiger partial charge on any atom is 0.170 e. The average Bonchev–Trinajstić information content (AvgIpc) is 3.83. The van der Waals surface area contributed by atoms with E-state index in [0.29, 0.717) is 0 Å². The zero-order chi connectivity index (χ0) is 35.6. The van der Waals surface area contributed by atoms with E-state index in [9.17, 15) is 0 Å². The van der Waals surface area contributed by atoms with Crippen molar-refractivity contribution in [1.82, 2.24) is 5.32 Å². The first-order valence-corrected chi connectivity index (χ1v) is 19.0. The fraction of sp³-hybridized carbons (Fsp3) is 0.0204. The van der Waals surface area contributed by atoms with Crippen LogP contribution in [0.25, 0.3) is 75.1 Å². The van der Waals surface area contributed by atoms with Crippen molar-refractivity contribution in [1.29, 1.82) is 0 Å². The third-order valence-corrected chi connectivity index (χ3v) is 11.7. The molecule has 4 nitrogen and oxygen atoms in total. The second kappa shape index (κ2) is 12.4. The fourth-order valence-corrected chi connectivity index (χ4v) is 9.18. The van der Waals surface area contributed by atoms with Crippen LogP contribution in [-0.2, 0) is 0 Å². The zero-order valence-electron chi connectivity index (χ0n) is 29.0. The van der Waals surface area contributed by atoms with E-state index in [-0.39, 0.29) is 0 Å². The predicted octanol–water partition coefficient (Wildman–Crippen LogP) is 12.9. The van der Waals surface area contributed by atoms with Crippen molar-refractivity contribution in [2.45, 2.75) is 6.17 Å². The van der Waals surface area contributed by atoms with Crippen molar-refractivity contribution in [3.8, 4) is 22.3 Å². The molecule has 0 radical (unpaired) electrons. The lowest BCUT2D eigenvalue weighted by Crippen LogP contribution is -2.36. The highest BCUT2D eigenvalue weighted by molar-refractivity contribution is 7.26. The summed E-state index contributed by atoms with van der Waals surface area (Å²) in [5.41, 5.74) is 9.24. The molecule has 0 fully saturated rings. The summed E-state index contributed by atoms with van der Waals surface area (Å²) in [6.45, 7) is 0. The minimum atomic E-state index is -0.510. The third-order valence-electron chi connectivity index (χ3n) is 10.6. The molecule has 1 unspecified atom stereocenters. The fourth-order valence-electron chi connectivity index (χ4n) is 8.02. The monoisotopic (exact) mass is 709 g/mol. The van der Waals surface area contributed by atoms with Crippen LogP contribution in [0.15, 0.2) is 190 Å². The minimum absolute atomic E-state index is 0.510. The number of thiophene rings is 1. The molecule has 1 N–H and O–H groups in total. The number of para-hydroxylation sites is 1. The maximum absolute atomic E-state index is 6.86. The van der Waals surface area contributed by atoms with Crippen LogP contribution in [0.5, 0.6) is 0 Å². The van der Waals surface area contributed by atoms with Crippen molar-refractivity contribution in [2.24, 2.45) is 9.98 Å². The van der Waals surface area contributed by atoms with Crippen LogP contribution in [0.2, 0.25) is 0 Å². The van der Waals surface area contributed by atoms with Gasteiger partial charge in [-0.1, -0.05) is 158 Å². The lowest BCUT2D eigenvalue weighted by Gasteiger charge is -2.23. The van der Waals surface area contributed by atoms with E-state index in [1.807, 2.05) is 41.7 Å². The van der Waals surface area contributed by atoms with Crippen molar-refractivity contribution < 1.29 is 4.42 Å². The Morgan fingerprint density at radius 2 is 1.02 bits per heavy atom. The SMILES string of the molecule is c1ccc(C2=NC(c3ccc(-c4cc5sc6ccccc6c5c5ccccc45)c4oc5ccccc5c34)N=C(c3ccc(-c4ccccc4)cc3)N2)cc1. The molecule has 3 heterocycles. The maximum atomic E-state index is 6.86. The Labute approximate surface area is 315 Å². The molecule has 0 saturated heterocycles. The molecule has 0 spiro atoms. The lowest BCUT2D eigenvalue weighted by molar-refractivity contribution is 0.669. The van der Waals surface area contributed by atoms with E-state index in [1.165, 1.54) is 36.5 Å². The van der Waals surface area contributed by atoms with Gasteiger partial charge in [0.05, 0.1) is 0 Å². The molecule has 0 amide bonds. The first-order chi connectivity index (χ1) is 26.8. The lowest BCUT2D eigenvalue weighted by atomic mass is 9.92. The normalized spacial score (nSPS) is 14.5. The summed E-state index contributed by atoms with van der Waals surface area (Å²) < 4.78 is 9.42. The number of hydrogen-bond acceptors (Lipinski definition) is 5. The number of benzene rings is 8. The predicted molar refractivity (Wildman–Crippen MR) is 227 cm³/mol. The van der Waals surface area contributed by atoms with Crippen LogP contribution >= 0.6 is 11.3 Å². The molecule has 0 aliphatic carbocycles. The van der Waals surface area contributed by atoms with E-state index in [2.05, 4.69) is 151 Å². The molecule has 0 bridgehead atoms. The van der Waals surface area contributed by atoms with Gasteiger partial charge in [0.25, 0.3) is 0 Å².